The average Bonchev–Trinajstić information content (AvgIpc) is 1.50. The lowest BCUT2D eigenvalue weighted by Crippen LogP contribution is -2.64. The van der Waals surface area contributed by atoms with E-state index in [4.69, 9.17) is 20.9 Å². The summed E-state index contributed by atoms with van der Waals surface area (Å²) in [7, 11) is 1.69. The molecule has 1 aromatic carbocycles. The number of primary amides is 2. The molecule has 0 radical (unpaired) electrons. The number of nitrogens with one attached hydrogen (secondary N) is 13. The number of H-pyrrole nitrogens is 1. The lowest BCUT2D eigenvalue weighted by molar-refractivity contribution is -0.159. The molecule has 0 bridgehead atoms. The number of carbonyl (C=O) groups is 20. The van der Waals surface area contributed by atoms with Gasteiger partial charge in [-0.25, -0.2) is 9.59 Å². The van der Waals surface area contributed by atoms with E-state index in [1.54, 1.807) is 30.5 Å². The number of fused-ring (bicyclic) bond motifs is 1. The summed E-state index contributed by atoms with van der Waals surface area (Å²) in [5.41, 5.74) is 12.1. The van der Waals surface area contributed by atoms with Crippen molar-refractivity contribution in [2.45, 2.75) is 230 Å². The zero-order chi connectivity index (χ0) is 86.1. The minimum atomic E-state index is -2.80. The van der Waals surface area contributed by atoms with Crippen molar-refractivity contribution < 1.29 is 131 Å². The van der Waals surface area contributed by atoms with Gasteiger partial charge in [0, 0.05) is 50.5 Å². The number of aromatic nitrogens is 1. The van der Waals surface area contributed by atoms with E-state index in [1.165, 1.54) is 13.8 Å². The van der Waals surface area contributed by atoms with Gasteiger partial charge in [0.25, 0.3) is 0 Å². The highest BCUT2D eigenvalue weighted by Crippen LogP contribution is 2.22. The average molecular weight is 1620 g/mol. The highest BCUT2D eigenvalue weighted by molar-refractivity contribution is 6.02. The van der Waals surface area contributed by atoms with Crippen LogP contribution in [-0.4, -0.2) is 266 Å². The molecule has 1 saturated heterocycles. The van der Waals surface area contributed by atoms with Gasteiger partial charge in [-0.05, 0) is 63.0 Å². The third kappa shape index (κ3) is 31.7. The first kappa shape index (κ1) is 96.3. The molecular weight excluding hydrogens is 1510 g/mol. The van der Waals surface area contributed by atoms with Crippen LogP contribution in [-0.2, 0) is 112 Å². The fraction of sp³-hybridized carbons (Fsp3) is 0.606. The van der Waals surface area contributed by atoms with Crippen molar-refractivity contribution in [1.82, 2.24) is 73.7 Å². The lowest BCUT2D eigenvalue weighted by atomic mass is 9.94. The summed E-state index contributed by atoms with van der Waals surface area (Å²) in [6.07, 6.45) is -5.82. The second-order valence-corrected chi connectivity index (χ2v) is 28.1. The number of benzene rings is 1. The monoisotopic (exact) mass is 1610 g/mol. The van der Waals surface area contributed by atoms with Crippen LogP contribution in [0.15, 0.2) is 30.5 Å². The summed E-state index contributed by atoms with van der Waals surface area (Å²) in [5, 5.41) is 77.6. The molecule has 15 amide bonds. The number of aromatic amines is 1. The number of rotatable bonds is 34. The summed E-state index contributed by atoms with van der Waals surface area (Å²) in [6, 6.07) is -15.7. The molecule has 22 N–H and O–H groups in total. The van der Waals surface area contributed by atoms with Crippen LogP contribution in [0.25, 0.3) is 10.9 Å². The summed E-state index contributed by atoms with van der Waals surface area (Å²) in [4.78, 5) is 276. The van der Waals surface area contributed by atoms with E-state index >= 15 is 0 Å². The number of cyclic esters (lactones) is 1. The number of esters is 1. The van der Waals surface area contributed by atoms with Crippen molar-refractivity contribution in [1.29, 1.82) is 0 Å². The number of methoxy groups -OCH3 is 1. The Hall–Kier alpha value is -11.9. The van der Waals surface area contributed by atoms with Crippen molar-refractivity contribution in [2.75, 3.05) is 27.2 Å². The number of aliphatic hydroxyl groups excluding tert-OH is 1. The van der Waals surface area contributed by atoms with Crippen LogP contribution in [0.4, 0.5) is 0 Å². The van der Waals surface area contributed by atoms with Gasteiger partial charge in [0.05, 0.1) is 32.4 Å². The van der Waals surface area contributed by atoms with E-state index in [-0.39, 0.29) is 19.3 Å². The van der Waals surface area contributed by atoms with Gasteiger partial charge in [0.1, 0.15) is 72.6 Å². The van der Waals surface area contributed by atoms with Crippen LogP contribution in [0.1, 0.15) is 144 Å². The van der Waals surface area contributed by atoms with Crippen molar-refractivity contribution in [2.24, 2.45) is 29.2 Å². The zero-order valence-corrected chi connectivity index (χ0v) is 64.8. The number of amides is 15. The van der Waals surface area contributed by atoms with Gasteiger partial charge in [-0.2, -0.15) is 0 Å². The Bertz CT molecular complexity index is 3830. The SMILES string of the molecule is CC[C@H](C)[C@@H]1NC(=O)[C@H]([C@H](C)CC(=O)O)NC(=O)[C@@H](CC(N)=O)NC(=O)CNC(=O)[C@H]([C@H](OC)C(=O)O)NC(=O)[C@@H](C)NC(=O)[C@H](CC(=O)O)NC(=O)[C@H](C)NC(=O)CN(C)C(=O)[C@@H](NC(=O)[C@@H](NC(=O)[C@@H](CCC(=O)O)NC(=O)[C@H](Cc2c[nH]c3ccccc23)NC(=O)CCCCCCCC(C)C)[C@H](O)C(N)=O)[C@H](C)OC1=O. The molecule has 632 valence electrons. The second-order valence-electron chi connectivity index (χ2n) is 28.1. The van der Waals surface area contributed by atoms with Crippen LogP contribution in [0, 0.1) is 17.8 Å². The van der Waals surface area contributed by atoms with Crippen LogP contribution >= 0.6 is 0 Å². The van der Waals surface area contributed by atoms with Crippen molar-refractivity contribution >= 4 is 129 Å². The minimum Gasteiger partial charge on any atom is -0.481 e. The van der Waals surface area contributed by atoms with Crippen molar-refractivity contribution in [3.05, 3.63) is 36.0 Å². The first-order chi connectivity index (χ1) is 53.4. The summed E-state index contributed by atoms with van der Waals surface area (Å²) >= 11 is 0. The van der Waals surface area contributed by atoms with Crippen LogP contribution in [0.5, 0.6) is 0 Å². The molecule has 3 rings (SSSR count). The molecule has 0 unspecified atom stereocenters. The van der Waals surface area contributed by atoms with E-state index in [0.29, 0.717) is 40.1 Å². The van der Waals surface area contributed by atoms with Gasteiger partial charge in [-0.15, -0.1) is 0 Å². The maximum Gasteiger partial charge on any atom is 0.335 e. The van der Waals surface area contributed by atoms with E-state index < -0.39 is 260 Å². The Morgan fingerprint density at radius 1 is 0.614 bits per heavy atom. The van der Waals surface area contributed by atoms with Gasteiger partial charge in [0.2, 0.25) is 88.6 Å². The number of carbonyl (C=O) groups excluding carboxylic acids is 16. The summed E-state index contributed by atoms with van der Waals surface area (Å²) in [5.74, 6) is -30.5. The molecule has 114 heavy (non-hydrogen) atoms. The van der Waals surface area contributed by atoms with Gasteiger partial charge in [0.15, 0.2) is 12.2 Å². The Morgan fingerprint density at radius 3 is 1.80 bits per heavy atom. The predicted molar refractivity (Wildman–Crippen MR) is 395 cm³/mol. The van der Waals surface area contributed by atoms with Crippen LogP contribution in [0.2, 0.25) is 0 Å². The maximum absolute atomic E-state index is 14.9. The molecule has 1 fully saturated rings. The molecule has 43 heteroatoms. The van der Waals surface area contributed by atoms with Gasteiger partial charge >= 0.3 is 29.8 Å². The molecule has 16 atom stereocenters. The number of carboxylic acids is 4. The standard InChI is InChI=1S/C71H106N16O27/c1-11-33(4)53-71(112)114-37(8)54(84-68(108)55(57(98)59(73)99)85-62(102)41(23-24-49(92)93)80-64(104)42(26-38-29-74-40-21-18-17-20-39(38)40)78-46(89)22-16-14-12-13-15-19-32(2)3)69(109)87(9)31-48(91)76-35(6)60(100)81-44(28-51(96)97)63(103)77-36(7)61(101)86-56(58(113-10)70(110)111)66(106)75-30-47(90)79-43(27-45(72)88)65(105)82-52(67(107)83-53)34(5)25-50(94)95/h17-18,20-21,29,32-37,41-44,52-58,74,98H,11-16,19,22-28,30-31H2,1-10H3,(H2,72,88)(H2,73,99)(H,75,106)(H,76,91)(H,77,103)(H,78,89)(H,79,90)(H,80,104)(H,81,100)(H,82,105)(H,83,107)(H,84,108)(H,85,102)(H,86,101)(H,92,93)(H,94,95)(H,96,97)(H,110,111)/t33-,34+,35-,36+,37-,41+,42-,43+,44-,52-,53-,54-,55-,56-,57-,58-/m0/s1. The van der Waals surface area contributed by atoms with Crippen molar-refractivity contribution in [3.63, 3.8) is 0 Å². The quantitative estimate of drug-likeness (QED) is 0.0229. The molecule has 1 aliphatic heterocycles. The minimum absolute atomic E-state index is 0.0240. The van der Waals surface area contributed by atoms with Gasteiger partial charge in [-0.1, -0.05) is 91.3 Å². The fourth-order valence-corrected chi connectivity index (χ4v) is 11.7. The lowest BCUT2D eigenvalue weighted by Gasteiger charge is -2.33. The van der Waals surface area contributed by atoms with Crippen LogP contribution < -0.4 is 75.3 Å². The number of hydrogen-bond acceptors (Lipinski definition) is 23. The maximum atomic E-state index is 14.9. The molecule has 0 saturated carbocycles. The summed E-state index contributed by atoms with van der Waals surface area (Å²) in [6.45, 7) is 8.76. The summed E-state index contributed by atoms with van der Waals surface area (Å²) < 4.78 is 10.7. The molecule has 43 nitrogen and oxygen atoms in total. The second kappa shape index (κ2) is 46.8. The third-order valence-electron chi connectivity index (χ3n) is 18.3. The highest BCUT2D eigenvalue weighted by Gasteiger charge is 2.44. The molecule has 2 heterocycles. The number of carboxylic acid groups (broad SMARTS) is 4. The number of aliphatic carboxylic acids is 4. The number of hydrogen-bond donors (Lipinski definition) is 20. The third-order valence-corrected chi connectivity index (χ3v) is 18.3. The van der Waals surface area contributed by atoms with E-state index in [2.05, 4.69) is 66.7 Å². The van der Waals surface area contributed by atoms with E-state index in [0.717, 1.165) is 67.5 Å². The van der Waals surface area contributed by atoms with E-state index in [1.807, 2.05) is 16.0 Å². The topological polar surface area (TPSA) is 676 Å². The number of aliphatic hydroxyl groups is 1. The Balaban J connectivity index is 2.26. The number of nitrogens with two attached hydrogens (primary N) is 2. The van der Waals surface area contributed by atoms with E-state index in [9.17, 15) is 121 Å². The molecule has 0 spiro atoms. The normalized spacial score (nSPS) is 22.3. The number of ether oxygens (including phenoxy) is 2. The molecule has 2 aromatic rings. The Morgan fingerprint density at radius 2 is 1.20 bits per heavy atom. The number of likely N-dealkylation sites (N-methyl/N-ethyl adjacent to an activating group) is 1. The number of nitrogens with zero attached hydrogens (tertiary/aromatic N) is 1. The molecular formula is C71H106N16O27. The smallest absolute Gasteiger partial charge is 0.335 e. The first-order valence-corrected chi connectivity index (χ1v) is 36.7. The Kier molecular flexibility index (Phi) is 39.5. The molecule has 0 aliphatic carbocycles. The zero-order valence-electron chi connectivity index (χ0n) is 64.8. The van der Waals surface area contributed by atoms with Gasteiger partial charge in [-0.3, -0.25) is 86.3 Å². The van der Waals surface area contributed by atoms with Gasteiger partial charge < -0.3 is 120 Å². The van der Waals surface area contributed by atoms with Crippen LogP contribution in [0.3, 0.4) is 0 Å². The predicted octanol–water partition coefficient (Wildman–Crippen LogP) is -5.69. The highest BCUT2D eigenvalue weighted by atomic mass is 16.5. The number of para-hydroxylation sites is 1. The van der Waals surface area contributed by atoms with Crippen molar-refractivity contribution in [3.8, 4) is 0 Å². The molecule has 1 aliphatic rings. The fourth-order valence-electron chi connectivity index (χ4n) is 11.7. The largest absolute Gasteiger partial charge is 0.481 e. The number of unbranched alkanes of at least 4 members (excludes halogenated alkanes) is 4. The first-order valence-electron chi connectivity index (χ1n) is 36.7. The molecule has 1 aromatic heterocycles. The Labute approximate surface area is 654 Å².